The van der Waals surface area contributed by atoms with Crippen LogP contribution in [0.4, 0.5) is 0 Å². The first kappa shape index (κ1) is 23.3. The second kappa shape index (κ2) is 10.4. The first-order valence-electron chi connectivity index (χ1n) is 11.7. The van der Waals surface area contributed by atoms with Crippen molar-refractivity contribution in [1.82, 2.24) is 25.0 Å². The molecule has 1 amide bonds. The first-order chi connectivity index (χ1) is 17.1. The second-order valence-electron chi connectivity index (χ2n) is 8.84. The van der Waals surface area contributed by atoms with E-state index >= 15 is 0 Å². The average molecular weight is 488 g/mol. The van der Waals surface area contributed by atoms with E-state index in [-0.39, 0.29) is 5.91 Å². The number of nitrogens with one attached hydrogen (secondary N) is 1. The van der Waals surface area contributed by atoms with Crippen molar-refractivity contribution in [2.45, 2.75) is 39.4 Å². The highest BCUT2D eigenvalue weighted by molar-refractivity contribution is 7.08. The molecule has 0 fully saturated rings. The monoisotopic (exact) mass is 487 g/mol. The Bertz CT molecular complexity index is 1320. The maximum atomic E-state index is 12.4. The van der Waals surface area contributed by atoms with Gasteiger partial charge in [0, 0.05) is 49.8 Å². The van der Waals surface area contributed by atoms with Gasteiger partial charge in [0.1, 0.15) is 11.4 Å². The van der Waals surface area contributed by atoms with Crippen LogP contribution in [0.1, 0.15) is 33.5 Å². The third-order valence-corrected chi connectivity index (χ3v) is 7.19. The number of methoxy groups -OCH3 is 1. The topological polar surface area (TPSA) is 72.3 Å². The molecule has 0 saturated heterocycles. The standard InChI is InChI=1S/C27H29N5O2S/c1-19-24(14-29-27(33)11-20-8-10-35-18-20)23-7-9-31(17-22(23)13-28-19)15-21-12-30-32(16-21)25-5-3-4-6-26(25)34-2/h3-6,8,10,12-13,16,18H,7,9,11,14-15,17H2,1-2H3,(H,29,33). The molecule has 8 heteroatoms. The largest absolute Gasteiger partial charge is 0.494 e. The van der Waals surface area contributed by atoms with Gasteiger partial charge in [-0.3, -0.25) is 14.7 Å². The predicted molar refractivity (Wildman–Crippen MR) is 137 cm³/mol. The highest BCUT2D eigenvalue weighted by atomic mass is 32.1. The van der Waals surface area contributed by atoms with E-state index in [1.54, 1.807) is 18.4 Å². The zero-order valence-corrected chi connectivity index (χ0v) is 20.8. The van der Waals surface area contributed by atoms with Crippen LogP contribution in [-0.2, 0) is 37.3 Å². The normalized spacial score (nSPS) is 13.4. The quantitative estimate of drug-likeness (QED) is 0.406. The molecule has 3 aromatic heterocycles. The summed E-state index contributed by atoms with van der Waals surface area (Å²) in [6.45, 7) is 5.15. The molecule has 7 nitrogen and oxygen atoms in total. The number of aromatic nitrogens is 3. The number of para-hydroxylation sites is 2. The lowest BCUT2D eigenvalue weighted by Gasteiger charge is -2.30. The van der Waals surface area contributed by atoms with Gasteiger partial charge in [0.15, 0.2) is 0 Å². The molecule has 0 spiro atoms. The van der Waals surface area contributed by atoms with Crippen LogP contribution in [0.2, 0.25) is 0 Å². The summed E-state index contributed by atoms with van der Waals surface area (Å²) >= 11 is 1.61. The molecule has 0 atom stereocenters. The van der Waals surface area contributed by atoms with E-state index in [4.69, 9.17) is 4.74 Å². The van der Waals surface area contributed by atoms with Crippen LogP contribution in [-0.4, -0.2) is 39.2 Å². The van der Waals surface area contributed by atoms with E-state index in [1.807, 2.05) is 65.1 Å². The van der Waals surface area contributed by atoms with Crippen LogP contribution in [0.25, 0.3) is 5.69 Å². The molecule has 180 valence electrons. The lowest BCUT2D eigenvalue weighted by atomic mass is 9.94. The summed E-state index contributed by atoms with van der Waals surface area (Å²) < 4.78 is 7.34. The number of amides is 1. The van der Waals surface area contributed by atoms with Gasteiger partial charge >= 0.3 is 0 Å². The van der Waals surface area contributed by atoms with Crippen LogP contribution in [0.3, 0.4) is 0 Å². The van der Waals surface area contributed by atoms with E-state index in [9.17, 15) is 4.79 Å². The second-order valence-corrected chi connectivity index (χ2v) is 9.62. The Morgan fingerprint density at radius 1 is 1.20 bits per heavy atom. The Kier molecular flexibility index (Phi) is 6.92. The number of rotatable bonds is 8. The molecule has 5 rings (SSSR count). The van der Waals surface area contributed by atoms with Crippen molar-refractivity contribution in [3.8, 4) is 11.4 Å². The number of benzene rings is 1. The third-order valence-electron chi connectivity index (χ3n) is 6.46. The molecule has 1 aliphatic heterocycles. The van der Waals surface area contributed by atoms with Gasteiger partial charge in [0.25, 0.3) is 0 Å². The van der Waals surface area contributed by atoms with Crippen molar-refractivity contribution >= 4 is 17.2 Å². The minimum absolute atomic E-state index is 0.0462. The van der Waals surface area contributed by atoms with Gasteiger partial charge in [-0.1, -0.05) is 12.1 Å². The Hall–Kier alpha value is -3.49. The van der Waals surface area contributed by atoms with Crippen molar-refractivity contribution in [3.63, 3.8) is 0 Å². The summed E-state index contributed by atoms with van der Waals surface area (Å²) in [6, 6.07) is 9.88. The summed E-state index contributed by atoms with van der Waals surface area (Å²) in [5.74, 6) is 0.843. The molecule has 35 heavy (non-hydrogen) atoms. The zero-order chi connectivity index (χ0) is 24.2. The van der Waals surface area contributed by atoms with E-state index in [0.29, 0.717) is 13.0 Å². The van der Waals surface area contributed by atoms with Gasteiger partial charge in [-0.2, -0.15) is 16.4 Å². The van der Waals surface area contributed by atoms with Gasteiger partial charge in [-0.15, -0.1) is 0 Å². The fourth-order valence-corrected chi connectivity index (χ4v) is 5.30. The molecular formula is C27H29N5O2S. The smallest absolute Gasteiger partial charge is 0.224 e. The van der Waals surface area contributed by atoms with Crippen molar-refractivity contribution < 1.29 is 9.53 Å². The maximum absolute atomic E-state index is 12.4. The van der Waals surface area contributed by atoms with Crippen LogP contribution >= 0.6 is 11.3 Å². The lowest BCUT2D eigenvalue weighted by Crippen LogP contribution is -2.32. The fraction of sp³-hybridized carbons (Fsp3) is 0.296. The minimum atomic E-state index is 0.0462. The third kappa shape index (κ3) is 5.28. The maximum Gasteiger partial charge on any atom is 0.224 e. The highest BCUT2D eigenvalue weighted by Crippen LogP contribution is 2.26. The van der Waals surface area contributed by atoms with E-state index < -0.39 is 0 Å². The highest BCUT2D eigenvalue weighted by Gasteiger charge is 2.22. The van der Waals surface area contributed by atoms with Crippen LogP contribution in [0.5, 0.6) is 5.75 Å². The Morgan fingerprint density at radius 3 is 2.91 bits per heavy atom. The molecule has 4 aromatic rings. The lowest BCUT2D eigenvalue weighted by molar-refractivity contribution is -0.120. The fourth-order valence-electron chi connectivity index (χ4n) is 4.63. The van der Waals surface area contributed by atoms with Crippen LogP contribution in [0, 0.1) is 6.92 Å². The number of fused-ring (bicyclic) bond motifs is 1. The molecule has 0 unspecified atom stereocenters. The van der Waals surface area contributed by atoms with E-state index in [0.717, 1.165) is 59.9 Å². The molecule has 1 aliphatic rings. The van der Waals surface area contributed by atoms with Crippen LogP contribution in [0.15, 0.2) is 59.7 Å². The molecule has 0 bridgehead atoms. The number of hydrogen-bond acceptors (Lipinski definition) is 6. The van der Waals surface area contributed by atoms with Crippen molar-refractivity contribution in [2.24, 2.45) is 0 Å². The Balaban J connectivity index is 1.24. The summed E-state index contributed by atoms with van der Waals surface area (Å²) in [4.78, 5) is 19.5. The molecular weight excluding hydrogens is 458 g/mol. The number of hydrogen-bond donors (Lipinski definition) is 1. The van der Waals surface area contributed by atoms with Gasteiger partial charge < -0.3 is 10.1 Å². The molecule has 1 aromatic carbocycles. The summed E-state index contributed by atoms with van der Waals surface area (Å²) in [6.07, 6.45) is 7.33. The van der Waals surface area contributed by atoms with Gasteiger partial charge in [0.2, 0.25) is 5.91 Å². The number of carbonyl (C=O) groups is 1. The van der Waals surface area contributed by atoms with Crippen LogP contribution < -0.4 is 10.1 Å². The predicted octanol–water partition coefficient (Wildman–Crippen LogP) is 4.06. The SMILES string of the molecule is COc1ccccc1-n1cc(CN2CCc3c(cnc(C)c3CNC(=O)Cc3ccsc3)C2)cn1. The Morgan fingerprint density at radius 2 is 2.09 bits per heavy atom. The molecule has 0 aliphatic carbocycles. The Labute approximate surface area is 209 Å². The molecule has 0 saturated carbocycles. The number of thiophene rings is 1. The summed E-state index contributed by atoms with van der Waals surface area (Å²) in [5, 5.41) is 11.7. The number of carbonyl (C=O) groups excluding carboxylic acids is 1. The number of nitrogens with zero attached hydrogens (tertiary/aromatic N) is 4. The summed E-state index contributed by atoms with van der Waals surface area (Å²) in [5.41, 5.74) is 7.85. The van der Waals surface area contributed by atoms with Crippen molar-refractivity contribution in [2.75, 3.05) is 13.7 Å². The van der Waals surface area contributed by atoms with Crippen molar-refractivity contribution in [3.05, 3.63) is 93.2 Å². The molecule has 4 heterocycles. The van der Waals surface area contributed by atoms with Gasteiger partial charge in [-0.25, -0.2) is 4.68 Å². The number of aryl methyl sites for hydroxylation is 1. The molecule has 1 N–H and O–H groups in total. The van der Waals surface area contributed by atoms with Gasteiger partial charge in [-0.05, 0) is 64.6 Å². The van der Waals surface area contributed by atoms with Crippen molar-refractivity contribution in [1.29, 1.82) is 0 Å². The van der Waals surface area contributed by atoms with Gasteiger partial charge in [0.05, 0.1) is 19.7 Å². The summed E-state index contributed by atoms with van der Waals surface area (Å²) in [7, 11) is 1.67. The number of pyridine rings is 1. The average Bonchev–Trinajstić information content (AvgIpc) is 3.56. The zero-order valence-electron chi connectivity index (χ0n) is 20.0. The number of ether oxygens (including phenoxy) is 1. The minimum Gasteiger partial charge on any atom is -0.494 e. The first-order valence-corrected chi connectivity index (χ1v) is 12.7. The van der Waals surface area contributed by atoms with E-state index in [2.05, 4.69) is 26.5 Å². The van der Waals surface area contributed by atoms with E-state index in [1.165, 1.54) is 11.1 Å². The molecule has 0 radical (unpaired) electrons.